The maximum atomic E-state index is 12.1. The highest BCUT2D eigenvalue weighted by atomic mass is 16.1. The standard InChI is InChI=1S/C15H17N3O/c1-11-5-3-4-6-12(11)9-18-15(19)13-7-8-17-10-14(13)16-2/h3-8,10,16H,9H2,1-2H3,(H,18,19). The third kappa shape index (κ3) is 3.10. The second kappa shape index (κ2) is 6.00. The number of carbonyl (C=O) groups is 1. The van der Waals surface area contributed by atoms with Crippen molar-refractivity contribution in [2.75, 3.05) is 12.4 Å². The number of amides is 1. The molecule has 2 aromatic rings. The van der Waals surface area contributed by atoms with Crippen molar-refractivity contribution in [2.45, 2.75) is 13.5 Å². The Bertz CT molecular complexity index is 581. The summed E-state index contributed by atoms with van der Waals surface area (Å²) in [6.07, 6.45) is 3.26. The van der Waals surface area contributed by atoms with Crippen molar-refractivity contribution in [1.29, 1.82) is 0 Å². The first-order valence-corrected chi connectivity index (χ1v) is 6.17. The van der Waals surface area contributed by atoms with E-state index in [0.717, 1.165) is 11.3 Å². The highest BCUT2D eigenvalue weighted by Gasteiger charge is 2.10. The van der Waals surface area contributed by atoms with Crippen molar-refractivity contribution in [1.82, 2.24) is 10.3 Å². The molecule has 2 rings (SSSR count). The van der Waals surface area contributed by atoms with Gasteiger partial charge in [0, 0.05) is 19.8 Å². The van der Waals surface area contributed by atoms with Gasteiger partial charge in [-0.2, -0.15) is 0 Å². The lowest BCUT2D eigenvalue weighted by atomic mass is 10.1. The number of pyridine rings is 1. The topological polar surface area (TPSA) is 54.0 Å². The summed E-state index contributed by atoms with van der Waals surface area (Å²) in [5.74, 6) is -0.102. The molecule has 1 amide bonds. The number of aryl methyl sites for hydroxylation is 1. The molecule has 0 saturated heterocycles. The molecule has 0 aliphatic carbocycles. The Kier molecular flexibility index (Phi) is 4.13. The van der Waals surface area contributed by atoms with Crippen LogP contribution < -0.4 is 10.6 Å². The predicted molar refractivity (Wildman–Crippen MR) is 76.1 cm³/mol. The number of hydrogen-bond donors (Lipinski definition) is 2. The summed E-state index contributed by atoms with van der Waals surface area (Å²) in [4.78, 5) is 16.1. The van der Waals surface area contributed by atoms with E-state index in [1.165, 1.54) is 5.56 Å². The Morgan fingerprint density at radius 1 is 1.26 bits per heavy atom. The molecule has 0 bridgehead atoms. The SMILES string of the molecule is CNc1cnccc1C(=O)NCc1ccccc1C. The third-order valence-corrected chi connectivity index (χ3v) is 3.04. The molecule has 19 heavy (non-hydrogen) atoms. The van der Waals surface area contributed by atoms with Crippen molar-refractivity contribution in [2.24, 2.45) is 0 Å². The van der Waals surface area contributed by atoms with Crippen LogP contribution in [-0.2, 0) is 6.54 Å². The van der Waals surface area contributed by atoms with Gasteiger partial charge in [0.15, 0.2) is 0 Å². The van der Waals surface area contributed by atoms with Crippen LogP contribution in [0.15, 0.2) is 42.7 Å². The van der Waals surface area contributed by atoms with Crippen molar-refractivity contribution in [3.05, 3.63) is 59.4 Å². The van der Waals surface area contributed by atoms with Gasteiger partial charge in [0.05, 0.1) is 17.4 Å². The molecule has 2 N–H and O–H groups in total. The van der Waals surface area contributed by atoms with Crippen LogP contribution in [0.2, 0.25) is 0 Å². The lowest BCUT2D eigenvalue weighted by molar-refractivity contribution is 0.0951. The average Bonchev–Trinajstić information content (AvgIpc) is 2.46. The maximum Gasteiger partial charge on any atom is 0.253 e. The molecule has 0 spiro atoms. The van der Waals surface area contributed by atoms with E-state index >= 15 is 0 Å². The van der Waals surface area contributed by atoms with Crippen LogP contribution in [0.1, 0.15) is 21.5 Å². The summed E-state index contributed by atoms with van der Waals surface area (Å²) in [5, 5.41) is 5.89. The van der Waals surface area contributed by atoms with E-state index in [4.69, 9.17) is 0 Å². The van der Waals surface area contributed by atoms with Gasteiger partial charge in [0.25, 0.3) is 5.91 Å². The lowest BCUT2D eigenvalue weighted by Crippen LogP contribution is -2.24. The van der Waals surface area contributed by atoms with Gasteiger partial charge < -0.3 is 10.6 Å². The highest BCUT2D eigenvalue weighted by molar-refractivity contribution is 5.99. The van der Waals surface area contributed by atoms with Crippen LogP contribution in [0.25, 0.3) is 0 Å². The first kappa shape index (κ1) is 13.1. The number of hydrogen-bond acceptors (Lipinski definition) is 3. The summed E-state index contributed by atoms with van der Waals surface area (Å²) in [7, 11) is 1.77. The largest absolute Gasteiger partial charge is 0.386 e. The van der Waals surface area contributed by atoms with Gasteiger partial charge in [0.2, 0.25) is 0 Å². The molecule has 1 heterocycles. The molecule has 0 unspecified atom stereocenters. The first-order chi connectivity index (χ1) is 9.22. The number of carbonyl (C=O) groups excluding carboxylic acids is 1. The van der Waals surface area contributed by atoms with Gasteiger partial charge in [-0.1, -0.05) is 24.3 Å². The fraction of sp³-hybridized carbons (Fsp3) is 0.200. The van der Waals surface area contributed by atoms with Gasteiger partial charge in [-0.3, -0.25) is 9.78 Å². The molecule has 0 radical (unpaired) electrons. The van der Waals surface area contributed by atoms with Crippen molar-refractivity contribution >= 4 is 11.6 Å². The van der Waals surface area contributed by atoms with Gasteiger partial charge >= 0.3 is 0 Å². The summed E-state index contributed by atoms with van der Waals surface area (Å²) in [5.41, 5.74) is 3.62. The molecule has 98 valence electrons. The molecule has 4 nitrogen and oxygen atoms in total. The fourth-order valence-electron chi connectivity index (χ4n) is 1.87. The molecule has 0 aliphatic heterocycles. The quantitative estimate of drug-likeness (QED) is 0.881. The minimum atomic E-state index is -0.102. The predicted octanol–water partition coefficient (Wildman–Crippen LogP) is 2.36. The fourth-order valence-corrected chi connectivity index (χ4v) is 1.87. The van der Waals surface area contributed by atoms with E-state index in [0.29, 0.717) is 12.1 Å². The van der Waals surface area contributed by atoms with E-state index in [1.807, 2.05) is 31.2 Å². The van der Waals surface area contributed by atoms with E-state index in [-0.39, 0.29) is 5.91 Å². The van der Waals surface area contributed by atoms with Crippen LogP contribution in [0.5, 0.6) is 0 Å². The highest BCUT2D eigenvalue weighted by Crippen LogP contribution is 2.13. The smallest absolute Gasteiger partial charge is 0.253 e. The van der Waals surface area contributed by atoms with Crippen molar-refractivity contribution in [3.8, 4) is 0 Å². The Labute approximate surface area is 112 Å². The normalized spacial score (nSPS) is 10.0. The average molecular weight is 255 g/mol. The van der Waals surface area contributed by atoms with Crippen LogP contribution >= 0.6 is 0 Å². The van der Waals surface area contributed by atoms with E-state index < -0.39 is 0 Å². The molecular formula is C15H17N3O. The zero-order valence-corrected chi connectivity index (χ0v) is 11.1. The molecule has 1 aromatic carbocycles. The lowest BCUT2D eigenvalue weighted by Gasteiger charge is -2.10. The Morgan fingerprint density at radius 3 is 2.79 bits per heavy atom. The van der Waals surface area contributed by atoms with E-state index in [9.17, 15) is 4.79 Å². The maximum absolute atomic E-state index is 12.1. The second-order valence-corrected chi connectivity index (χ2v) is 4.28. The summed E-state index contributed by atoms with van der Waals surface area (Å²) in [6.45, 7) is 2.56. The number of nitrogens with one attached hydrogen (secondary N) is 2. The Morgan fingerprint density at radius 2 is 2.05 bits per heavy atom. The van der Waals surface area contributed by atoms with Gasteiger partial charge in [-0.05, 0) is 24.1 Å². The van der Waals surface area contributed by atoms with Crippen LogP contribution in [0.4, 0.5) is 5.69 Å². The number of rotatable bonds is 4. The number of anilines is 1. The summed E-state index contributed by atoms with van der Waals surface area (Å²) in [6, 6.07) is 9.72. The van der Waals surface area contributed by atoms with Crippen LogP contribution in [0, 0.1) is 6.92 Å². The van der Waals surface area contributed by atoms with Gasteiger partial charge in [-0.25, -0.2) is 0 Å². The molecule has 0 saturated carbocycles. The second-order valence-electron chi connectivity index (χ2n) is 4.28. The van der Waals surface area contributed by atoms with Gasteiger partial charge in [0.1, 0.15) is 0 Å². The molecule has 0 atom stereocenters. The number of aromatic nitrogens is 1. The summed E-state index contributed by atoms with van der Waals surface area (Å²) < 4.78 is 0. The van der Waals surface area contributed by atoms with Crippen molar-refractivity contribution in [3.63, 3.8) is 0 Å². The summed E-state index contributed by atoms with van der Waals surface area (Å²) >= 11 is 0. The molecule has 0 fully saturated rings. The van der Waals surface area contributed by atoms with Crippen LogP contribution in [0.3, 0.4) is 0 Å². The molecule has 1 aromatic heterocycles. The monoisotopic (exact) mass is 255 g/mol. The van der Waals surface area contributed by atoms with Gasteiger partial charge in [-0.15, -0.1) is 0 Å². The van der Waals surface area contributed by atoms with E-state index in [1.54, 1.807) is 25.5 Å². The molecule has 4 heteroatoms. The zero-order valence-electron chi connectivity index (χ0n) is 11.1. The van der Waals surface area contributed by atoms with E-state index in [2.05, 4.69) is 15.6 Å². The Hall–Kier alpha value is -2.36. The first-order valence-electron chi connectivity index (χ1n) is 6.17. The Balaban J connectivity index is 2.08. The number of benzene rings is 1. The minimum absolute atomic E-state index is 0.102. The molecule has 0 aliphatic rings. The van der Waals surface area contributed by atoms with Crippen molar-refractivity contribution < 1.29 is 4.79 Å². The third-order valence-electron chi connectivity index (χ3n) is 3.04. The minimum Gasteiger partial charge on any atom is -0.386 e. The zero-order chi connectivity index (χ0) is 13.7. The van der Waals surface area contributed by atoms with Crippen LogP contribution in [-0.4, -0.2) is 17.9 Å². The molecular weight excluding hydrogens is 238 g/mol. The number of nitrogens with zero attached hydrogens (tertiary/aromatic N) is 1.